The summed E-state index contributed by atoms with van der Waals surface area (Å²) in [7, 11) is 0. The zero-order valence-electron chi connectivity index (χ0n) is 14.2. The largest absolute Gasteiger partial charge is 0.416 e. The van der Waals surface area contributed by atoms with Crippen LogP contribution < -0.4 is 5.32 Å². The number of aromatic nitrogens is 1. The highest BCUT2D eigenvalue weighted by molar-refractivity contribution is 6.42. The number of pyridine rings is 1. The van der Waals surface area contributed by atoms with Crippen molar-refractivity contribution in [3.63, 3.8) is 0 Å². The summed E-state index contributed by atoms with van der Waals surface area (Å²) in [5.74, 6) is -0.324. The third-order valence-corrected chi connectivity index (χ3v) is 4.71. The average Bonchev–Trinajstić information content (AvgIpc) is 2.68. The van der Waals surface area contributed by atoms with Crippen molar-refractivity contribution in [3.8, 4) is 11.3 Å². The summed E-state index contributed by atoms with van der Waals surface area (Å²) in [6.45, 7) is 0.257. The van der Waals surface area contributed by atoms with Crippen molar-refractivity contribution in [3.05, 3.63) is 87.5 Å². The maximum atomic E-state index is 12.8. The monoisotopic (exact) mass is 424 g/mol. The number of halogens is 5. The first-order valence-corrected chi connectivity index (χ1v) is 8.85. The van der Waals surface area contributed by atoms with Gasteiger partial charge in [0.25, 0.3) is 5.91 Å². The Morgan fingerprint density at radius 1 is 0.964 bits per heavy atom. The van der Waals surface area contributed by atoms with Gasteiger partial charge in [0.05, 0.1) is 21.3 Å². The van der Waals surface area contributed by atoms with Crippen LogP contribution in [0.3, 0.4) is 0 Å². The molecule has 0 unspecified atom stereocenters. The van der Waals surface area contributed by atoms with Gasteiger partial charge in [-0.2, -0.15) is 13.2 Å². The Bertz CT molecular complexity index is 1010. The first-order chi connectivity index (χ1) is 13.2. The van der Waals surface area contributed by atoms with Gasteiger partial charge in [-0.15, -0.1) is 0 Å². The van der Waals surface area contributed by atoms with E-state index in [1.165, 1.54) is 12.1 Å². The lowest BCUT2D eigenvalue weighted by molar-refractivity contribution is -0.137. The fourth-order valence-corrected chi connectivity index (χ4v) is 2.81. The van der Waals surface area contributed by atoms with Crippen LogP contribution in [0.2, 0.25) is 10.0 Å². The number of nitrogens with zero attached hydrogens (tertiary/aromatic N) is 1. The van der Waals surface area contributed by atoms with Crippen LogP contribution in [0.5, 0.6) is 0 Å². The molecule has 0 aliphatic carbocycles. The van der Waals surface area contributed by atoms with Crippen molar-refractivity contribution < 1.29 is 18.0 Å². The first-order valence-electron chi connectivity index (χ1n) is 8.10. The Morgan fingerprint density at radius 2 is 1.68 bits per heavy atom. The predicted octanol–water partition coefficient (Wildman–Crippen LogP) is 6.00. The summed E-state index contributed by atoms with van der Waals surface area (Å²) in [5.41, 5.74) is 1.04. The molecule has 1 amide bonds. The number of nitrogens with one attached hydrogen (secondary N) is 1. The molecule has 1 N–H and O–H groups in total. The minimum atomic E-state index is -4.44. The smallest absolute Gasteiger partial charge is 0.348 e. The standard InChI is InChI=1S/C20H13Cl2F3N2O/c21-16-6-1-12(9-17(16)22)11-27-19(28)14-4-2-13(3-5-14)18-10-15(7-8-26-18)20(23,24)25/h1-10H,11H2,(H,27,28). The number of rotatable bonds is 4. The summed E-state index contributed by atoms with van der Waals surface area (Å²) >= 11 is 11.8. The number of hydrogen-bond donors (Lipinski definition) is 1. The molecule has 28 heavy (non-hydrogen) atoms. The second-order valence-corrected chi connectivity index (χ2v) is 6.75. The highest BCUT2D eigenvalue weighted by Crippen LogP contribution is 2.31. The Kier molecular flexibility index (Phi) is 5.91. The molecule has 3 rings (SSSR count). The molecule has 0 aliphatic rings. The summed E-state index contributed by atoms with van der Waals surface area (Å²) in [4.78, 5) is 16.2. The topological polar surface area (TPSA) is 42.0 Å². The second kappa shape index (κ2) is 8.20. The molecule has 0 bridgehead atoms. The van der Waals surface area contributed by atoms with E-state index >= 15 is 0 Å². The molecule has 8 heteroatoms. The molecule has 0 spiro atoms. The Morgan fingerprint density at radius 3 is 2.32 bits per heavy atom. The fourth-order valence-electron chi connectivity index (χ4n) is 2.49. The van der Waals surface area contributed by atoms with Crippen LogP contribution in [0.15, 0.2) is 60.8 Å². The lowest BCUT2D eigenvalue weighted by Gasteiger charge is -2.09. The highest BCUT2D eigenvalue weighted by Gasteiger charge is 2.30. The molecule has 0 aliphatic heterocycles. The molecule has 2 aromatic carbocycles. The molecular weight excluding hydrogens is 412 g/mol. The van der Waals surface area contributed by atoms with Crippen molar-refractivity contribution in [2.24, 2.45) is 0 Å². The zero-order valence-corrected chi connectivity index (χ0v) is 15.7. The van der Waals surface area contributed by atoms with Crippen molar-refractivity contribution in [2.45, 2.75) is 12.7 Å². The molecule has 144 valence electrons. The van der Waals surface area contributed by atoms with E-state index < -0.39 is 11.7 Å². The second-order valence-electron chi connectivity index (χ2n) is 5.94. The van der Waals surface area contributed by atoms with E-state index in [0.717, 1.165) is 23.9 Å². The van der Waals surface area contributed by atoms with Gasteiger partial charge < -0.3 is 5.32 Å². The molecular formula is C20H13Cl2F3N2O. The van der Waals surface area contributed by atoms with Crippen LogP contribution >= 0.6 is 23.2 Å². The van der Waals surface area contributed by atoms with Gasteiger partial charge in [-0.3, -0.25) is 9.78 Å². The fraction of sp³-hybridized carbons (Fsp3) is 0.100. The molecule has 3 aromatic rings. The van der Waals surface area contributed by atoms with Crippen molar-refractivity contribution in [1.82, 2.24) is 10.3 Å². The Labute approximate surface area is 169 Å². The van der Waals surface area contributed by atoms with E-state index in [0.29, 0.717) is 21.2 Å². The lowest BCUT2D eigenvalue weighted by atomic mass is 10.1. The Hall–Kier alpha value is -2.57. The van der Waals surface area contributed by atoms with Gasteiger partial charge in [0.2, 0.25) is 0 Å². The molecule has 0 fully saturated rings. The molecule has 0 saturated carbocycles. The van der Waals surface area contributed by atoms with Gasteiger partial charge in [0, 0.05) is 23.9 Å². The molecule has 3 nitrogen and oxygen atoms in total. The van der Waals surface area contributed by atoms with E-state index in [1.807, 2.05) is 0 Å². The molecule has 0 saturated heterocycles. The number of amides is 1. The first kappa shape index (κ1) is 20.2. The van der Waals surface area contributed by atoms with E-state index in [9.17, 15) is 18.0 Å². The molecule has 1 aromatic heterocycles. The SMILES string of the molecule is O=C(NCc1ccc(Cl)c(Cl)c1)c1ccc(-c2cc(C(F)(F)F)ccn2)cc1. The third-order valence-electron chi connectivity index (χ3n) is 3.97. The van der Waals surface area contributed by atoms with Crippen LogP contribution in [0.4, 0.5) is 13.2 Å². The zero-order chi connectivity index (χ0) is 20.3. The number of carbonyl (C=O) groups excluding carboxylic acids is 1. The van der Waals surface area contributed by atoms with Crippen LogP contribution in [0.1, 0.15) is 21.5 Å². The third kappa shape index (κ3) is 4.82. The minimum absolute atomic E-state index is 0.178. The van der Waals surface area contributed by atoms with Gasteiger partial charge in [-0.1, -0.05) is 41.4 Å². The predicted molar refractivity (Wildman–Crippen MR) is 102 cm³/mol. The van der Waals surface area contributed by atoms with E-state index in [4.69, 9.17) is 23.2 Å². The summed E-state index contributed by atoms with van der Waals surface area (Å²) in [5, 5.41) is 3.57. The highest BCUT2D eigenvalue weighted by atomic mass is 35.5. The lowest BCUT2D eigenvalue weighted by Crippen LogP contribution is -2.22. The maximum absolute atomic E-state index is 12.8. The summed E-state index contributed by atoms with van der Waals surface area (Å²) in [6, 6.07) is 13.1. The maximum Gasteiger partial charge on any atom is 0.416 e. The van der Waals surface area contributed by atoms with Crippen LogP contribution in [0.25, 0.3) is 11.3 Å². The quantitative estimate of drug-likeness (QED) is 0.557. The van der Waals surface area contributed by atoms with Crippen molar-refractivity contribution in [2.75, 3.05) is 0 Å². The Balaban J connectivity index is 1.70. The summed E-state index contributed by atoms with van der Waals surface area (Å²) in [6.07, 6.45) is -3.34. The van der Waals surface area contributed by atoms with Crippen LogP contribution in [-0.2, 0) is 12.7 Å². The van der Waals surface area contributed by atoms with E-state index in [1.54, 1.807) is 30.3 Å². The van der Waals surface area contributed by atoms with E-state index in [2.05, 4.69) is 10.3 Å². The average molecular weight is 425 g/mol. The molecule has 0 atom stereocenters. The van der Waals surface area contributed by atoms with Gasteiger partial charge in [0.15, 0.2) is 0 Å². The van der Waals surface area contributed by atoms with Crippen molar-refractivity contribution >= 4 is 29.1 Å². The number of alkyl halides is 3. The molecule has 0 radical (unpaired) electrons. The normalized spacial score (nSPS) is 11.3. The minimum Gasteiger partial charge on any atom is -0.348 e. The van der Waals surface area contributed by atoms with Crippen LogP contribution in [0, 0.1) is 0 Å². The number of hydrogen-bond acceptors (Lipinski definition) is 2. The van der Waals surface area contributed by atoms with Gasteiger partial charge >= 0.3 is 6.18 Å². The number of carbonyl (C=O) groups is 1. The van der Waals surface area contributed by atoms with Gasteiger partial charge in [-0.25, -0.2) is 0 Å². The van der Waals surface area contributed by atoms with Crippen molar-refractivity contribution in [1.29, 1.82) is 0 Å². The number of benzene rings is 2. The van der Waals surface area contributed by atoms with E-state index in [-0.39, 0.29) is 18.1 Å². The molecule has 1 heterocycles. The van der Waals surface area contributed by atoms with Crippen LogP contribution in [-0.4, -0.2) is 10.9 Å². The van der Waals surface area contributed by atoms with Gasteiger partial charge in [-0.05, 0) is 42.0 Å². The van der Waals surface area contributed by atoms with Gasteiger partial charge in [0.1, 0.15) is 0 Å². The summed E-state index contributed by atoms with van der Waals surface area (Å²) < 4.78 is 38.5.